The van der Waals surface area contributed by atoms with Crippen LogP contribution < -0.4 is 5.46 Å². The molecule has 0 unspecified atom stereocenters. The third kappa shape index (κ3) is 9.58. The highest BCUT2D eigenvalue weighted by molar-refractivity contribution is 9.10. The standard InChI is InChI=1S/C11H14BNO3.C11H12BrNO.C7H5BrO2/c1-11(2)7-16-10(13-11)8-4-3-5-9(6-8)12(14)15;1-11(2)7-14-10(13-11)8-4-3-5-9(12)6-8;8-6-3-1-2-5(4-6)7(9)10/h3-6,14-15H,7H2,1-2H3;3-6H,7H2,1-2H3;1-4H,(H,9,10). The molecule has 2 heterocycles. The molecular formula is C29H31BBr2N2O6. The SMILES string of the molecule is CC1(C)COC(c2cccc(B(O)O)c2)=N1.CC1(C)COC(c2cccc(Br)c2)=N1.O=C(O)c1cccc(Br)c1. The van der Waals surface area contributed by atoms with E-state index < -0.39 is 13.1 Å². The van der Waals surface area contributed by atoms with Crippen molar-refractivity contribution < 1.29 is 29.4 Å². The number of aromatic carboxylic acids is 1. The largest absolute Gasteiger partial charge is 0.488 e. The monoisotopic (exact) mass is 672 g/mol. The summed E-state index contributed by atoms with van der Waals surface area (Å²) in [6, 6.07) is 21.5. The summed E-state index contributed by atoms with van der Waals surface area (Å²) in [6.45, 7) is 9.33. The molecule has 0 amide bonds. The van der Waals surface area contributed by atoms with Crippen LogP contribution in [-0.4, -0.2) is 64.3 Å². The predicted molar refractivity (Wildman–Crippen MR) is 165 cm³/mol. The first kappa shape index (κ1) is 31.5. The van der Waals surface area contributed by atoms with Gasteiger partial charge in [0.05, 0.1) is 16.6 Å². The van der Waals surface area contributed by atoms with Gasteiger partial charge in [-0.2, -0.15) is 0 Å². The normalized spacial score (nSPS) is 16.1. The molecular weight excluding hydrogens is 643 g/mol. The summed E-state index contributed by atoms with van der Waals surface area (Å²) in [6.07, 6.45) is 0. The van der Waals surface area contributed by atoms with E-state index in [1.165, 1.54) is 0 Å². The molecule has 0 radical (unpaired) electrons. The Morgan fingerprint density at radius 1 is 0.775 bits per heavy atom. The molecule has 3 N–H and O–H groups in total. The molecule has 210 valence electrons. The van der Waals surface area contributed by atoms with E-state index >= 15 is 0 Å². The molecule has 0 aromatic heterocycles. The van der Waals surface area contributed by atoms with Gasteiger partial charge in [0.1, 0.15) is 13.2 Å². The zero-order valence-electron chi connectivity index (χ0n) is 22.6. The summed E-state index contributed by atoms with van der Waals surface area (Å²) < 4.78 is 12.8. The minimum absolute atomic E-state index is 0.0857. The van der Waals surface area contributed by atoms with Crippen LogP contribution in [0.4, 0.5) is 0 Å². The van der Waals surface area contributed by atoms with Gasteiger partial charge in [0.25, 0.3) is 0 Å². The number of ether oxygens (including phenoxy) is 2. The molecule has 0 atom stereocenters. The topological polar surface area (TPSA) is 121 Å². The molecule has 0 spiro atoms. The number of rotatable bonds is 4. The Balaban J connectivity index is 0.000000170. The van der Waals surface area contributed by atoms with Crippen molar-refractivity contribution in [1.29, 1.82) is 0 Å². The third-order valence-corrected chi connectivity index (χ3v) is 6.49. The molecule has 11 heteroatoms. The van der Waals surface area contributed by atoms with Crippen LogP contribution >= 0.6 is 31.9 Å². The zero-order chi connectivity index (χ0) is 29.5. The Morgan fingerprint density at radius 2 is 1.25 bits per heavy atom. The minimum Gasteiger partial charge on any atom is -0.478 e. The lowest BCUT2D eigenvalue weighted by Crippen LogP contribution is -2.30. The van der Waals surface area contributed by atoms with Gasteiger partial charge in [-0.15, -0.1) is 0 Å². The summed E-state index contributed by atoms with van der Waals surface area (Å²) in [5.74, 6) is 0.408. The molecule has 0 fully saturated rings. The number of aliphatic imine (C=N–C) groups is 2. The second-order valence-corrected chi connectivity index (χ2v) is 12.2. The highest BCUT2D eigenvalue weighted by Crippen LogP contribution is 2.22. The highest BCUT2D eigenvalue weighted by Gasteiger charge is 2.28. The molecule has 3 aromatic rings. The number of halogens is 2. The van der Waals surface area contributed by atoms with Crippen molar-refractivity contribution in [3.8, 4) is 0 Å². The fourth-order valence-electron chi connectivity index (χ4n) is 3.54. The molecule has 2 aliphatic rings. The Morgan fingerprint density at radius 3 is 1.65 bits per heavy atom. The van der Waals surface area contributed by atoms with E-state index in [-0.39, 0.29) is 11.1 Å². The molecule has 3 aromatic carbocycles. The van der Waals surface area contributed by atoms with Gasteiger partial charge in [0.15, 0.2) is 0 Å². The van der Waals surface area contributed by atoms with Crippen LogP contribution in [0, 0.1) is 0 Å². The molecule has 0 bridgehead atoms. The maximum atomic E-state index is 10.3. The van der Waals surface area contributed by atoms with E-state index in [2.05, 4.69) is 55.7 Å². The van der Waals surface area contributed by atoms with Crippen molar-refractivity contribution in [2.75, 3.05) is 13.2 Å². The number of carbonyl (C=O) groups is 1. The molecule has 0 saturated heterocycles. The maximum absolute atomic E-state index is 10.3. The maximum Gasteiger partial charge on any atom is 0.488 e. The van der Waals surface area contributed by atoms with E-state index in [0.717, 1.165) is 26.0 Å². The average molecular weight is 674 g/mol. The molecule has 8 nitrogen and oxygen atoms in total. The van der Waals surface area contributed by atoms with Crippen molar-refractivity contribution in [3.63, 3.8) is 0 Å². The van der Waals surface area contributed by atoms with Gasteiger partial charge >= 0.3 is 13.1 Å². The van der Waals surface area contributed by atoms with Crippen molar-refractivity contribution in [2.45, 2.75) is 38.8 Å². The fourth-order valence-corrected chi connectivity index (χ4v) is 4.34. The average Bonchev–Trinajstić information content (AvgIpc) is 3.45. The number of carboxylic acids is 1. The Kier molecular flexibility index (Phi) is 10.7. The van der Waals surface area contributed by atoms with Crippen LogP contribution in [-0.2, 0) is 9.47 Å². The fraction of sp³-hybridized carbons (Fsp3) is 0.276. The first-order valence-electron chi connectivity index (χ1n) is 12.4. The molecule has 2 aliphatic heterocycles. The van der Waals surface area contributed by atoms with Gasteiger partial charge in [-0.05, 0) is 81.7 Å². The summed E-state index contributed by atoms with van der Waals surface area (Å²) in [5, 5.41) is 26.6. The Labute approximate surface area is 251 Å². The first-order valence-corrected chi connectivity index (χ1v) is 14.0. The Hall–Kier alpha value is -2.99. The van der Waals surface area contributed by atoms with E-state index in [4.69, 9.17) is 24.6 Å². The minimum atomic E-state index is -1.46. The van der Waals surface area contributed by atoms with E-state index in [1.54, 1.807) is 42.5 Å². The summed E-state index contributed by atoms with van der Waals surface area (Å²) in [7, 11) is -1.46. The lowest BCUT2D eigenvalue weighted by atomic mass is 9.79. The number of hydrogen-bond acceptors (Lipinski definition) is 7. The van der Waals surface area contributed by atoms with Crippen LogP contribution in [0.1, 0.15) is 49.2 Å². The van der Waals surface area contributed by atoms with Gasteiger partial charge in [-0.25, -0.2) is 14.8 Å². The van der Waals surface area contributed by atoms with Crippen LogP contribution in [0.15, 0.2) is 91.7 Å². The quantitative estimate of drug-likeness (QED) is 0.333. The Bertz CT molecular complexity index is 1410. The van der Waals surface area contributed by atoms with Crippen molar-refractivity contribution in [3.05, 3.63) is 98.4 Å². The third-order valence-electron chi connectivity index (χ3n) is 5.51. The molecule has 0 aliphatic carbocycles. The first-order chi connectivity index (χ1) is 18.7. The molecule has 40 heavy (non-hydrogen) atoms. The van der Waals surface area contributed by atoms with Gasteiger partial charge in [0, 0.05) is 20.1 Å². The number of benzene rings is 3. The summed E-state index contributed by atoms with van der Waals surface area (Å²) in [5.41, 5.74) is 2.25. The van der Waals surface area contributed by atoms with E-state index in [0.29, 0.717) is 30.1 Å². The smallest absolute Gasteiger partial charge is 0.478 e. The van der Waals surface area contributed by atoms with Crippen LogP contribution in [0.5, 0.6) is 0 Å². The number of hydrogen-bond donors (Lipinski definition) is 3. The lowest BCUT2D eigenvalue weighted by molar-refractivity contribution is 0.0696. The van der Waals surface area contributed by atoms with Crippen molar-refractivity contribution in [1.82, 2.24) is 0 Å². The van der Waals surface area contributed by atoms with Gasteiger partial charge in [-0.1, -0.05) is 56.1 Å². The number of nitrogens with zero attached hydrogens (tertiary/aromatic N) is 2. The van der Waals surface area contributed by atoms with Crippen LogP contribution in [0.25, 0.3) is 0 Å². The molecule has 0 saturated carbocycles. The zero-order valence-corrected chi connectivity index (χ0v) is 25.8. The lowest BCUT2D eigenvalue weighted by Gasteiger charge is -2.07. The van der Waals surface area contributed by atoms with Gasteiger partial charge in [-0.3, -0.25) is 0 Å². The number of carboxylic acid groups (broad SMARTS) is 1. The van der Waals surface area contributed by atoms with Crippen LogP contribution in [0.3, 0.4) is 0 Å². The van der Waals surface area contributed by atoms with Gasteiger partial charge < -0.3 is 24.6 Å². The van der Waals surface area contributed by atoms with Crippen LogP contribution in [0.2, 0.25) is 0 Å². The highest BCUT2D eigenvalue weighted by atomic mass is 79.9. The van der Waals surface area contributed by atoms with Gasteiger partial charge in [0.2, 0.25) is 11.8 Å². The van der Waals surface area contributed by atoms with Crippen molar-refractivity contribution >= 4 is 62.2 Å². The summed E-state index contributed by atoms with van der Waals surface area (Å²) in [4.78, 5) is 19.3. The second-order valence-electron chi connectivity index (χ2n) is 10.4. The van der Waals surface area contributed by atoms with Crippen molar-refractivity contribution in [2.24, 2.45) is 9.98 Å². The van der Waals surface area contributed by atoms with E-state index in [9.17, 15) is 4.79 Å². The summed E-state index contributed by atoms with van der Waals surface area (Å²) >= 11 is 6.59. The predicted octanol–water partition coefficient (Wildman–Crippen LogP) is 5.07. The molecule has 5 rings (SSSR count). The second kappa shape index (κ2) is 13.6. The van der Waals surface area contributed by atoms with E-state index in [1.807, 2.05) is 44.2 Å².